The van der Waals surface area contributed by atoms with Crippen molar-refractivity contribution in [1.82, 2.24) is 20.1 Å². The Bertz CT molecular complexity index is 627. The van der Waals surface area contributed by atoms with E-state index in [9.17, 15) is 4.79 Å². The Morgan fingerprint density at radius 2 is 2.05 bits per heavy atom. The summed E-state index contributed by atoms with van der Waals surface area (Å²) in [6, 6.07) is 9.91. The van der Waals surface area contributed by atoms with Crippen LogP contribution in [0.15, 0.2) is 35.0 Å². The van der Waals surface area contributed by atoms with E-state index in [0.29, 0.717) is 6.54 Å². The topological polar surface area (TPSA) is 88.5 Å². The van der Waals surface area contributed by atoms with Gasteiger partial charge >= 0.3 is 0 Å². The van der Waals surface area contributed by atoms with Crippen molar-refractivity contribution in [2.45, 2.75) is 6.04 Å². The maximum atomic E-state index is 12.6. The van der Waals surface area contributed by atoms with Gasteiger partial charge in [0, 0.05) is 19.6 Å². The Hall–Kier alpha value is -2.41. The summed E-state index contributed by atoms with van der Waals surface area (Å²) in [6.07, 6.45) is 0. The van der Waals surface area contributed by atoms with E-state index in [0.717, 1.165) is 18.7 Å². The number of nitrogens with two attached hydrogens (primary N) is 1. The van der Waals surface area contributed by atoms with Crippen LogP contribution in [0.3, 0.4) is 0 Å². The van der Waals surface area contributed by atoms with E-state index in [1.165, 1.54) is 0 Å². The lowest BCUT2D eigenvalue weighted by Crippen LogP contribution is -2.49. The molecule has 0 saturated carbocycles. The van der Waals surface area contributed by atoms with Crippen molar-refractivity contribution >= 4 is 11.7 Å². The summed E-state index contributed by atoms with van der Waals surface area (Å²) in [6.45, 7) is 2.18. The molecule has 1 aliphatic rings. The number of likely N-dealkylation sites (N-methyl/N-ethyl adjacent to an activating group) is 1. The van der Waals surface area contributed by atoms with Crippen molar-refractivity contribution in [3.8, 4) is 0 Å². The largest absolute Gasteiger partial charge is 0.379 e. The molecule has 0 bridgehead atoms. The first kappa shape index (κ1) is 13.6. The fourth-order valence-corrected chi connectivity index (χ4v) is 2.60. The van der Waals surface area contributed by atoms with Gasteiger partial charge in [-0.05, 0) is 22.9 Å². The highest BCUT2D eigenvalue weighted by Crippen LogP contribution is 2.26. The predicted molar refractivity (Wildman–Crippen MR) is 76.4 cm³/mol. The SMILES string of the molecule is CN1CCN(C(=O)c2nonc2N)C(c2ccccc2)C1. The molecule has 1 aromatic heterocycles. The van der Waals surface area contributed by atoms with Crippen LogP contribution < -0.4 is 5.73 Å². The van der Waals surface area contributed by atoms with Gasteiger partial charge < -0.3 is 15.5 Å². The molecular weight excluding hydrogens is 270 g/mol. The van der Waals surface area contributed by atoms with Gasteiger partial charge in [-0.3, -0.25) is 4.79 Å². The Kier molecular flexibility index (Phi) is 3.57. The summed E-state index contributed by atoms with van der Waals surface area (Å²) in [7, 11) is 2.05. The van der Waals surface area contributed by atoms with Gasteiger partial charge in [0.15, 0.2) is 0 Å². The summed E-state index contributed by atoms with van der Waals surface area (Å²) in [5.41, 5.74) is 6.81. The van der Waals surface area contributed by atoms with E-state index in [2.05, 4.69) is 19.8 Å². The van der Waals surface area contributed by atoms with Gasteiger partial charge in [-0.1, -0.05) is 30.3 Å². The van der Waals surface area contributed by atoms with Crippen LogP contribution in [0.1, 0.15) is 22.1 Å². The maximum absolute atomic E-state index is 12.6. The van der Waals surface area contributed by atoms with Crippen LogP contribution in [0, 0.1) is 0 Å². The number of carbonyl (C=O) groups is 1. The van der Waals surface area contributed by atoms with Gasteiger partial charge in [-0.15, -0.1) is 0 Å². The lowest BCUT2D eigenvalue weighted by atomic mass is 10.0. The molecule has 1 saturated heterocycles. The zero-order valence-electron chi connectivity index (χ0n) is 11.8. The zero-order chi connectivity index (χ0) is 14.8. The number of piperazine rings is 1. The first-order valence-electron chi connectivity index (χ1n) is 6.79. The van der Waals surface area contributed by atoms with Crippen molar-refractivity contribution in [3.05, 3.63) is 41.6 Å². The molecule has 0 radical (unpaired) electrons. The molecule has 2 N–H and O–H groups in total. The number of hydrogen-bond acceptors (Lipinski definition) is 6. The van der Waals surface area contributed by atoms with Gasteiger partial charge in [0.2, 0.25) is 11.5 Å². The van der Waals surface area contributed by atoms with E-state index in [1.807, 2.05) is 37.4 Å². The monoisotopic (exact) mass is 287 g/mol. The molecule has 2 aromatic rings. The van der Waals surface area contributed by atoms with Crippen LogP contribution in [-0.2, 0) is 0 Å². The predicted octanol–water partition coefficient (Wildman–Crippen LogP) is 0.781. The third-order valence-corrected chi connectivity index (χ3v) is 3.75. The number of aromatic nitrogens is 2. The Balaban J connectivity index is 1.91. The van der Waals surface area contributed by atoms with E-state index in [4.69, 9.17) is 5.73 Å². The number of rotatable bonds is 2. The second-order valence-electron chi connectivity index (χ2n) is 5.19. The lowest BCUT2D eigenvalue weighted by Gasteiger charge is -2.39. The molecule has 110 valence electrons. The number of anilines is 1. The average Bonchev–Trinajstić information content (AvgIpc) is 2.93. The van der Waals surface area contributed by atoms with Crippen molar-refractivity contribution in [3.63, 3.8) is 0 Å². The smallest absolute Gasteiger partial charge is 0.280 e. The quantitative estimate of drug-likeness (QED) is 0.878. The molecule has 2 heterocycles. The molecule has 7 nitrogen and oxygen atoms in total. The molecule has 1 aromatic carbocycles. The fraction of sp³-hybridized carbons (Fsp3) is 0.357. The lowest BCUT2D eigenvalue weighted by molar-refractivity contribution is 0.0488. The van der Waals surface area contributed by atoms with E-state index < -0.39 is 0 Å². The normalized spacial score (nSPS) is 19.7. The van der Waals surface area contributed by atoms with Crippen LogP contribution >= 0.6 is 0 Å². The Morgan fingerprint density at radius 3 is 2.71 bits per heavy atom. The van der Waals surface area contributed by atoms with Crippen LogP contribution in [0.4, 0.5) is 5.82 Å². The number of carbonyl (C=O) groups excluding carboxylic acids is 1. The number of amides is 1. The highest BCUT2D eigenvalue weighted by molar-refractivity contribution is 5.96. The number of nitrogen functional groups attached to an aromatic ring is 1. The van der Waals surface area contributed by atoms with Gasteiger partial charge in [0.25, 0.3) is 5.91 Å². The number of nitrogens with zero attached hydrogens (tertiary/aromatic N) is 4. The molecule has 1 aliphatic heterocycles. The average molecular weight is 287 g/mol. The second kappa shape index (κ2) is 5.53. The van der Waals surface area contributed by atoms with Crippen molar-refractivity contribution in [2.24, 2.45) is 0 Å². The van der Waals surface area contributed by atoms with Crippen molar-refractivity contribution in [2.75, 3.05) is 32.4 Å². The molecule has 1 unspecified atom stereocenters. The van der Waals surface area contributed by atoms with E-state index in [1.54, 1.807) is 4.90 Å². The second-order valence-corrected chi connectivity index (χ2v) is 5.19. The molecule has 0 spiro atoms. The molecule has 3 rings (SSSR count). The van der Waals surface area contributed by atoms with Crippen LogP contribution in [0.25, 0.3) is 0 Å². The zero-order valence-corrected chi connectivity index (χ0v) is 11.8. The summed E-state index contributed by atoms with van der Waals surface area (Å²) >= 11 is 0. The summed E-state index contributed by atoms with van der Waals surface area (Å²) in [4.78, 5) is 16.6. The minimum Gasteiger partial charge on any atom is -0.379 e. The third kappa shape index (κ3) is 2.59. The molecule has 7 heteroatoms. The van der Waals surface area contributed by atoms with Crippen LogP contribution in [0.2, 0.25) is 0 Å². The van der Waals surface area contributed by atoms with E-state index in [-0.39, 0.29) is 23.5 Å². The number of hydrogen-bond donors (Lipinski definition) is 1. The molecule has 1 atom stereocenters. The molecule has 1 fully saturated rings. The highest BCUT2D eigenvalue weighted by atomic mass is 16.6. The molecule has 21 heavy (non-hydrogen) atoms. The van der Waals surface area contributed by atoms with Crippen LogP contribution in [0.5, 0.6) is 0 Å². The molecule has 0 aliphatic carbocycles. The van der Waals surface area contributed by atoms with E-state index >= 15 is 0 Å². The van der Waals surface area contributed by atoms with Crippen molar-refractivity contribution in [1.29, 1.82) is 0 Å². The standard InChI is InChI=1S/C14H17N5O2/c1-18-7-8-19(14(20)12-13(15)17-21-16-12)11(9-18)10-5-3-2-4-6-10/h2-6,11H,7-9H2,1H3,(H2,15,17). The van der Waals surface area contributed by atoms with Crippen molar-refractivity contribution < 1.29 is 9.42 Å². The van der Waals surface area contributed by atoms with Crippen LogP contribution in [-0.4, -0.2) is 52.7 Å². The third-order valence-electron chi connectivity index (χ3n) is 3.75. The fourth-order valence-electron chi connectivity index (χ4n) is 2.60. The first-order chi connectivity index (χ1) is 10.2. The summed E-state index contributed by atoms with van der Waals surface area (Å²) < 4.78 is 4.54. The van der Waals surface area contributed by atoms with Gasteiger partial charge in [-0.25, -0.2) is 4.63 Å². The molecular formula is C14H17N5O2. The molecule has 1 amide bonds. The maximum Gasteiger partial charge on any atom is 0.280 e. The Labute approximate surface area is 122 Å². The van der Waals surface area contributed by atoms with Gasteiger partial charge in [0.1, 0.15) is 0 Å². The Morgan fingerprint density at radius 1 is 1.29 bits per heavy atom. The minimum atomic E-state index is -0.240. The van der Waals surface area contributed by atoms with Gasteiger partial charge in [0.05, 0.1) is 6.04 Å². The van der Waals surface area contributed by atoms with Gasteiger partial charge in [-0.2, -0.15) is 0 Å². The summed E-state index contributed by atoms with van der Waals surface area (Å²) in [5, 5.41) is 7.10. The first-order valence-corrected chi connectivity index (χ1v) is 6.79. The minimum absolute atomic E-state index is 0.0331. The number of benzene rings is 1. The highest BCUT2D eigenvalue weighted by Gasteiger charge is 2.33. The summed E-state index contributed by atoms with van der Waals surface area (Å²) in [5.74, 6) is -0.207.